The number of hydrogen-bond acceptors (Lipinski definition) is 4. The van der Waals surface area contributed by atoms with Crippen LogP contribution in [0.1, 0.15) is 0 Å². The van der Waals surface area contributed by atoms with Crippen LogP contribution < -0.4 is 0 Å². The van der Waals surface area contributed by atoms with Crippen molar-refractivity contribution in [1.82, 2.24) is 20.2 Å². The summed E-state index contributed by atoms with van der Waals surface area (Å²) in [4.78, 5) is 1.04. The van der Waals surface area contributed by atoms with Crippen molar-refractivity contribution in [2.75, 3.05) is 0 Å². The highest BCUT2D eigenvalue weighted by Crippen LogP contribution is 2.19. The summed E-state index contributed by atoms with van der Waals surface area (Å²) in [5.41, 5.74) is 0. The molecular weight excluding hydrogens is 160 g/mol. The molecule has 11 heavy (non-hydrogen) atoms. The molecule has 4 nitrogen and oxygen atoms in total. The molecule has 0 aliphatic heterocycles. The Morgan fingerprint density at radius 1 is 1.64 bits per heavy atom. The van der Waals surface area contributed by atoms with E-state index < -0.39 is 0 Å². The zero-order valence-electron chi connectivity index (χ0n) is 5.85. The minimum Gasteiger partial charge on any atom is -0.228 e. The Balaban J connectivity index is 2.53. The SMILES string of the molecule is Cn1nnnc1-c1cc[c]s1. The summed E-state index contributed by atoms with van der Waals surface area (Å²) in [6.07, 6.45) is 0. The molecule has 0 amide bonds. The summed E-state index contributed by atoms with van der Waals surface area (Å²) in [7, 11) is 1.81. The molecule has 2 heterocycles. The smallest absolute Gasteiger partial charge is 0.191 e. The topological polar surface area (TPSA) is 43.6 Å². The van der Waals surface area contributed by atoms with Crippen molar-refractivity contribution in [1.29, 1.82) is 0 Å². The fourth-order valence-corrected chi connectivity index (χ4v) is 1.46. The predicted octanol–water partition coefficient (Wildman–Crippen LogP) is 0.739. The van der Waals surface area contributed by atoms with Crippen LogP contribution in [-0.2, 0) is 7.05 Å². The number of nitrogens with zero attached hydrogens (tertiary/aromatic N) is 4. The molecule has 1 radical (unpaired) electrons. The lowest BCUT2D eigenvalue weighted by atomic mass is 10.4. The second kappa shape index (κ2) is 2.43. The fourth-order valence-electron chi connectivity index (χ4n) is 0.800. The second-order valence-electron chi connectivity index (χ2n) is 2.04. The van der Waals surface area contributed by atoms with Crippen molar-refractivity contribution in [2.45, 2.75) is 0 Å². The van der Waals surface area contributed by atoms with Gasteiger partial charge in [-0.25, -0.2) is 4.68 Å². The van der Waals surface area contributed by atoms with Crippen molar-refractivity contribution < 1.29 is 0 Å². The maximum atomic E-state index is 3.85. The molecule has 0 spiro atoms. The summed E-state index contributed by atoms with van der Waals surface area (Å²) < 4.78 is 1.64. The second-order valence-corrected chi connectivity index (χ2v) is 2.92. The normalized spacial score (nSPS) is 10.3. The zero-order chi connectivity index (χ0) is 7.68. The molecule has 0 aliphatic carbocycles. The van der Waals surface area contributed by atoms with Crippen molar-refractivity contribution in [3.8, 4) is 10.7 Å². The predicted molar refractivity (Wildman–Crippen MR) is 40.9 cm³/mol. The molecule has 2 aromatic rings. The molecule has 0 saturated heterocycles. The third-order valence-electron chi connectivity index (χ3n) is 1.31. The van der Waals surface area contributed by atoms with Gasteiger partial charge in [0.15, 0.2) is 5.82 Å². The minimum atomic E-state index is 0.788. The molecule has 0 aromatic carbocycles. The van der Waals surface area contributed by atoms with Gasteiger partial charge in [-0.2, -0.15) is 0 Å². The van der Waals surface area contributed by atoms with Gasteiger partial charge in [-0.05, 0) is 22.6 Å². The van der Waals surface area contributed by atoms with Gasteiger partial charge in [0.25, 0.3) is 0 Å². The van der Waals surface area contributed by atoms with Gasteiger partial charge in [0.1, 0.15) is 0 Å². The van der Waals surface area contributed by atoms with E-state index in [4.69, 9.17) is 0 Å². The minimum absolute atomic E-state index is 0.788. The summed E-state index contributed by atoms with van der Waals surface area (Å²) in [5, 5.41) is 14.1. The number of rotatable bonds is 1. The first kappa shape index (κ1) is 6.48. The van der Waals surface area contributed by atoms with Crippen LogP contribution in [0.5, 0.6) is 0 Å². The third-order valence-corrected chi connectivity index (χ3v) is 2.10. The van der Waals surface area contributed by atoms with Gasteiger partial charge in [0, 0.05) is 12.4 Å². The van der Waals surface area contributed by atoms with Crippen LogP contribution in [0.4, 0.5) is 0 Å². The zero-order valence-corrected chi connectivity index (χ0v) is 6.67. The molecule has 2 aromatic heterocycles. The number of tetrazole rings is 1. The fraction of sp³-hybridized carbons (Fsp3) is 0.167. The van der Waals surface area contributed by atoms with E-state index in [-0.39, 0.29) is 0 Å². The maximum Gasteiger partial charge on any atom is 0.191 e. The molecule has 0 unspecified atom stereocenters. The Labute approximate surface area is 67.5 Å². The Morgan fingerprint density at radius 2 is 2.55 bits per heavy atom. The van der Waals surface area contributed by atoms with Crippen molar-refractivity contribution >= 4 is 11.3 Å². The number of aromatic nitrogens is 4. The molecule has 2 rings (SSSR count). The highest BCUT2D eigenvalue weighted by Gasteiger charge is 2.04. The Kier molecular flexibility index (Phi) is 1.43. The van der Waals surface area contributed by atoms with Gasteiger partial charge < -0.3 is 0 Å². The van der Waals surface area contributed by atoms with Crippen LogP contribution in [-0.4, -0.2) is 20.2 Å². The first-order valence-corrected chi connectivity index (χ1v) is 3.88. The Morgan fingerprint density at radius 3 is 3.09 bits per heavy atom. The van der Waals surface area contributed by atoms with Gasteiger partial charge in [-0.15, -0.1) is 16.4 Å². The van der Waals surface area contributed by atoms with E-state index >= 15 is 0 Å². The number of thiophene rings is 1. The van der Waals surface area contributed by atoms with Gasteiger partial charge in [0.2, 0.25) is 0 Å². The molecule has 0 atom stereocenters. The monoisotopic (exact) mass is 165 g/mol. The Bertz CT molecular complexity index is 337. The van der Waals surface area contributed by atoms with Crippen LogP contribution in [0.3, 0.4) is 0 Å². The Hall–Kier alpha value is -1.23. The number of hydrogen-bond donors (Lipinski definition) is 0. The lowest BCUT2D eigenvalue weighted by molar-refractivity contribution is 0.715. The van der Waals surface area contributed by atoms with E-state index in [2.05, 4.69) is 20.9 Å². The van der Waals surface area contributed by atoms with E-state index in [0.717, 1.165) is 10.7 Å². The third kappa shape index (κ3) is 1.03. The number of aryl methyl sites for hydroxylation is 1. The molecule has 0 fully saturated rings. The first-order chi connectivity index (χ1) is 5.38. The van der Waals surface area contributed by atoms with Gasteiger partial charge in [-0.1, -0.05) is 0 Å². The molecule has 0 saturated carbocycles. The van der Waals surface area contributed by atoms with Gasteiger partial charge >= 0.3 is 0 Å². The van der Waals surface area contributed by atoms with E-state index in [1.165, 1.54) is 11.3 Å². The van der Waals surface area contributed by atoms with E-state index in [1.54, 1.807) is 4.68 Å². The lowest BCUT2D eigenvalue weighted by Gasteiger charge is -1.90. The van der Waals surface area contributed by atoms with Crippen LogP contribution in [0.15, 0.2) is 12.1 Å². The molecule has 0 N–H and O–H groups in total. The van der Waals surface area contributed by atoms with Crippen LogP contribution in [0.25, 0.3) is 10.7 Å². The highest BCUT2D eigenvalue weighted by atomic mass is 32.1. The standard InChI is InChI=1S/C6H5N4S/c1-10-6(7-8-9-10)5-3-2-4-11-5/h2-3H,1H3. The lowest BCUT2D eigenvalue weighted by Crippen LogP contribution is -1.92. The molecule has 0 bridgehead atoms. The van der Waals surface area contributed by atoms with E-state index in [0.29, 0.717) is 0 Å². The highest BCUT2D eigenvalue weighted by molar-refractivity contribution is 7.13. The van der Waals surface area contributed by atoms with Gasteiger partial charge in [-0.3, -0.25) is 0 Å². The van der Waals surface area contributed by atoms with Crippen molar-refractivity contribution in [2.24, 2.45) is 7.05 Å². The average Bonchev–Trinajstić information content (AvgIpc) is 2.55. The van der Waals surface area contributed by atoms with Gasteiger partial charge in [0.05, 0.1) is 4.88 Å². The van der Waals surface area contributed by atoms with E-state index in [1.807, 2.05) is 19.2 Å². The maximum absolute atomic E-state index is 3.85. The summed E-state index contributed by atoms with van der Waals surface area (Å²) in [6.45, 7) is 0. The largest absolute Gasteiger partial charge is 0.228 e. The molecule has 55 valence electrons. The van der Waals surface area contributed by atoms with Crippen LogP contribution in [0.2, 0.25) is 0 Å². The average molecular weight is 165 g/mol. The van der Waals surface area contributed by atoms with E-state index in [9.17, 15) is 0 Å². The molecular formula is C6H5N4S. The van der Waals surface area contributed by atoms with Crippen LogP contribution in [0, 0.1) is 5.38 Å². The summed E-state index contributed by atoms with van der Waals surface area (Å²) in [5.74, 6) is 0.788. The van der Waals surface area contributed by atoms with Crippen LogP contribution >= 0.6 is 11.3 Å². The summed E-state index contributed by atoms with van der Waals surface area (Å²) >= 11 is 1.51. The summed E-state index contributed by atoms with van der Waals surface area (Å²) in [6, 6.07) is 3.80. The van der Waals surface area contributed by atoms with Crippen molar-refractivity contribution in [3.63, 3.8) is 0 Å². The molecule has 5 heteroatoms. The quantitative estimate of drug-likeness (QED) is 0.626. The first-order valence-electron chi connectivity index (χ1n) is 3.06. The van der Waals surface area contributed by atoms with Crippen molar-refractivity contribution in [3.05, 3.63) is 17.5 Å². The molecule has 0 aliphatic rings.